The Balaban J connectivity index is 0.000000176. The van der Waals surface area contributed by atoms with E-state index in [1.54, 1.807) is 0 Å². The first-order valence-corrected chi connectivity index (χ1v) is 12.5. The van der Waals surface area contributed by atoms with E-state index < -0.39 is 0 Å². The van der Waals surface area contributed by atoms with E-state index in [9.17, 15) is 0 Å². The van der Waals surface area contributed by atoms with Crippen molar-refractivity contribution in [2.45, 2.75) is 78.2 Å². The zero-order valence-corrected chi connectivity index (χ0v) is 20.1. The minimum Gasteiger partial charge on any atom is -0.377 e. The summed E-state index contributed by atoms with van der Waals surface area (Å²) in [5.74, 6) is 2.79. The van der Waals surface area contributed by atoms with Gasteiger partial charge in [-0.05, 0) is 79.0 Å². The molecular formula is C30H42O. The molecule has 0 N–H and O–H groups in total. The van der Waals surface area contributed by atoms with Crippen LogP contribution in [0.25, 0.3) is 11.1 Å². The zero-order valence-electron chi connectivity index (χ0n) is 20.1. The standard InChI is InChI=1S/C16H18.C14H24O/c1-3-6-14-9-11-15(12-10-14)16-8-5-4-7-13(16)2;1-11-3-5-12(6-4-11)13-7-9-14(15-2)10-8-13/h4-5,7-12H,3,6H2,1-2H3;7,9,11-14H,3-6,8,10H2,1-2H3. The van der Waals surface area contributed by atoms with Crippen LogP contribution in [0.15, 0.2) is 60.7 Å². The maximum absolute atomic E-state index is 5.36. The highest BCUT2D eigenvalue weighted by atomic mass is 16.5. The van der Waals surface area contributed by atoms with E-state index in [0.29, 0.717) is 6.10 Å². The minimum atomic E-state index is 0.392. The first-order chi connectivity index (χ1) is 15.1. The molecule has 2 aliphatic rings. The molecule has 1 nitrogen and oxygen atoms in total. The number of rotatable bonds is 5. The smallest absolute Gasteiger partial charge is 0.0752 e. The van der Waals surface area contributed by atoms with Crippen LogP contribution in [0.1, 0.15) is 69.9 Å². The lowest BCUT2D eigenvalue weighted by atomic mass is 9.73. The Morgan fingerprint density at radius 2 is 1.55 bits per heavy atom. The third-order valence-electron chi connectivity index (χ3n) is 7.27. The van der Waals surface area contributed by atoms with Crippen molar-refractivity contribution in [3.05, 3.63) is 71.8 Å². The van der Waals surface area contributed by atoms with Crippen LogP contribution in [0.5, 0.6) is 0 Å². The van der Waals surface area contributed by atoms with Gasteiger partial charge in [-0.3, -0.25) is 0 Å². The predicted molar refractivity (Wildman–Crippen MR) is 134 cm³/mol. The molecule has 0 heterocycles. The third kappa shape index (κ3) is 7.07. The summed E-state index contributed by atoms with van der Waals surface area (Å²) in [5, 5.41) is 0. The molecule has 0 radical (unpaired) electrons. The van der Waals surface area contributed by atoms with Crippen molar-refractivity contribution in [3.8, 4) is 11.1 Å². The van der Waals surface area contributed by atoms with Crippen LogP contribution < -0.4 is 0 Å². The number of hydrogen-bond donors (Lipinski definition) is 0. The van der Waals surface area contributed by atoms with Crippen LogP contribution >= 0.6 is 0 Å². The highest BCUT2D eigenvalue weighted by molar-refractivity contribution is 5.67. The van der Waals surface area contributed by atoms with Crippen LogP contribution in [-0.4, -0.2) is 13.2 Å². The number of hydrogen-bond acceptors (Lipinski definition) is 1. The van der Waals surface area contributed by atoms with Gasteiger partial charge >= 0.3 is 0 Å². The second-order valence-electron chi connectivity index (χ2n) is 9.68. The molecular weight excluding hydrogens is 376 g/mol. The van der Waals surface area contributed by atoms with Crippen molar-refractivity contribution in [3.63, 3.8) is 0 Å². The maximum atomic E-state index is 5.36. The van der Waals surface area contributed by atoms with Gasteiger partial charge in [0.1, 0.15) is 0 Å². The van der Waals surface area contributed by atoms with Crippen molar-refractivity contribution in [2.24, 2.45) is 17.8 Å². The van der Waals surface area contributed by atoms with Crippen molar-refractivity contribution in [1.29, 1.82) is 0 Å². The summed E-state index contributed by atoms with van der Waals surface area (Å²) in [6, 6.07) is 17.5. The molecule has 2 atom stereocenters. The quantitative estimate of drug-likeness (QED) is 0.443. The van der Waals surface area contributed by atoms with Gasteiger partial charge in [0, 0.05) is 7.11 Å². The van der Waals surface area contributed by atoms with Gasteiger partial charge in [0.15, 0.2) is 0 Å². The Hall–Kier alpha value is -1.86. The van der Waals surface area contributed by atoms with Gasteiger partial charge in [0.25, 0.3) is 0 Å². The molecule has 0 aliphatic heterocycles. The van der Waals surface area contributed by atoms with Gasteiger partial charge in [-0.2, -0.15) is 0 Å². The largest absolute Gasteiger partial charge is 0.377 e. The zero-order chi connectivity index (χ0) is 22.1. The average Bonchev–Trinajstić information content (AvgIpc) is 2.81. The topological polar surface area (TPSA) is 9.23 Å². The number of methoxy groups -OCH3 is 1. The Kier molecular flexibility index (Phi) is 9.40. The van der Waals surface area contributed by atoms with Crippen LogP contribution in [0.4, 0.5) is 0 Å². The lowest BCUT2D eigenvalue weighted by molar-refractivity contribution is 0.112. The number of allylic oxidation sites excluding steroid dienone is 1. The van der Waals surface area contributed by atoms with Crippen molar-refractivity contribution in [1.82, 2.24) is 0 Å². The average molecular weight is 419 g/mol. The molecule has 0 saturated heterocycles. The lowest BCUT2D eigenvalue weighted by Gasteiger charge is -2.33. The number of benzene rings is 2. The van der Waals surface area contributed by atoms with Crippen LogP contribution in [-0.2, 0) is 11.2 Å². The molecule has 1 fully saturated rings. The molecule has 4 rings (SSSR count). The first-order valence-electron chi connectivity index (χ1n) is 12.5. The number of ether oxygens (including phenoxy) is 1. The molecule has 2 aromatic rings. The van der Waals surface area contributed by atoms with Crippen LogP contribution in [0.2, 0.25) is 0 Å². The van der Waals surface area contributed by atoms with Gasteiger partial charge in [-0.15, -0.1) is 0 Å². The molecule has 0 amide bonds. The predicted octanol–water partition coefficient (Wildman–Crippen LogP) is 8.41. The normalized spacial score (nSPS) is 25.5. The van der Waals surface area contributed by atoms with E-state index in [1.807, 2.05) is 7.11 Å². The van der Waals surface area contributed by atoms with E-state index in [1.165, 1.54) is 73.6 Å². The fourth-order valence-corrected chi connectivity index (χ4v) is 5.16. The summed E-state index contributed by atoms with van der Waals surface area (Å²) in [5.41, 5.74) is 5.43. The Labute approximate surface area is 190 Å². The molecule has 0 bridgehead atoms. The summed E-state index contributed by atoms with van der Waals surface area (Å²) in [7, 11) is 1.82. The molecule has 1 heteroatoms. The van der Waals surface area contributed by atoms with E-state index in [4.69, 9.17) is 4.74 Å². The van der Waals surface area contributed by atoms with Gasteiger partial charge in [-0.1, -0.05) is 93.8 Å². The van der Waals surface area contributed by atoms with Gasteiger partial charge in [0.05, 0.1) is 6.10 Å². The van der Waals surface area contributed by atoms with Crippen molar-refractivity contribution >= 4 is 0 Å². The molecule has 2 unspecified atom stereocenters. The molecule has 0 spiro atoms. The molecule has 2 aliphatic carbocycles. The van der Waals surface area contributed by atoms with Crippen LogP contribution in [0, 0.1) is 24.7 Å². The minimum absolute atomic E-state index is 0.392. The monoisotopic (exact) mass is 418 g/mol. The fraction of sp³-hybridized carbons (Fsp3) is 0.533. The van der Waals surface area contributed by atoms with E-state index in [-0.39, 0.29) is 0 Å². The van der Waals surface area contributed by atoms with Crippen LogP contribution in [0.3, 0.4) is 0 Å². The third-order valence-corrected chi connectivity index (χ3v) is 7.27. The summed E-state index contributed by atoms with van der Waals surface area (Å²) in [4.78, 5) is 0. The lowest BCUT2D eigenvalue weighted by Crippen LogP contribution is -2.24. The molecule has 168 valence electrons. The SMILES string of the molecule is CCCc1ccc(-c2ccccc2C)cc1.COC1C=CC(C2CCC(C)CC2)CC1. The maximum Gasteiger partial charge on any atom is 0.0752 e. The van der Waals surface area contributed by atoms with E-state index in [0.717, 1.165) is 17.8 Å². The summed E-state index contributed by atoms with van der Waals surface area (Å²) in [6.45, 7) is 6.78. The van der Waals surface area contributed by atoms with Gasteiger partial charge < -0.3 is 4.74 Å². The van der Waals surface area contributed by atoms with Gasteiger partial charge in [-0.25, -0.2) is 0 Å². The first kappa shape index (κ1) is 23.8. The Morgan fingerprint density at radius 1 is 0.839 bits per heavy atom. The highest BCUT2D eigenvalue weighted by Crippen LogP contribution is 2.37. The summed E-state index contributed by atoms with van der Waals surface area (Å²) < 4.78 is 5.36. The van der Waals surface area contributed by atoms with E-state index in [2.05, 4.69) is 81.5 Å². The molecule has 0 aromatic heterocycles. The number of aryl methyl sites for hydroxylation is 2. The summed E-state index contributed by atoms with van der Waals surface area (Å²) in [6.07, 6.45) is 15.9. The molecule has 2 aromatic carbocycles. The highest BCUT2D eigenvalue weighted by Gasteiger charge is 2.26. The Morgan fingerprint density at radius 3 is 2.13 bits per heavy atom. The molecule has 1 saturated carbocycles. The Bertz CT molecular complexity index is 795. The van der Waals surface area contributed by atoms with E-state index >= 15 is 0 Å². The second kappa shape index (κ2) is 12.2. The fourth-order valence-electron chi connectivity index (χ4n) is 5.16. The molecule has 31 heavy (non-hydrogen) atoms. The van der Waals surface area contributed by atoms with Gasteiger partial charge in [0.2, 0.25) is 0 Å². The second-order valence-corrected chi connectivity index (χ2v) is 9.68. The van der Waals surface area contributed by atoms with Crippen molar-refractivity contribution < 1.29 is 4.74 Å². The van der Waals surface area contributed by atoms with Crippen molar-refractivity contribution in [2.75, 3.05) is 7.11 Å². The summed E-state index contributed by atoms with van der Waals surface area (Å²) >= 11 is 0.